The number of halogens is 1. The van der Waals surface area contributed by atoms with Crippen LogP contribution in [-0.2, 0) is 24.2 Å². The quantitative estimate of drug-likeness (QED) is 0.179. The van der Waals surface area contributed by atoms with Gasteiger partial charge in [-0.25, -0.2) is 9.79 Å². The molecule has 34 heavy (non-hydrogen) atoms. The van der Waals surface area contributed by atoms with E-state index in [1.807, 2.05) is 18.2 Å². The number of fused-ring (bicyclic) bond motifs is 1. The van der Waals surface area contributed by atoms with Gasteiger partial charge in [-0.3, -0.25) is 15.0 Å². The maximum atomic E-state index is 12.8. The number of thiophene rings is 1. The number of hydrogen-bond donors (Lipinski definition) is 1. The highest BCUT2D eigenvalue weighted by Crippen LogP contribution is 2.40. The summed E-state index contributed by atoms with van der Waals surface area (Å²) in [5.41, 5.74) is 2.33. The molecule has 0 spiro atoms. The Labute approximate surface area is 208 Å². The van der Waals surface area contributed by atoms with Crippen LogP contribution in [0.15, 0.2) is 51.9 Å². The van der Waals surface area contributed by atoms with Gasteiger partial charge in [-0.1, -0.05) is 46.3 Å². The first-order valence-electron chi connectivity index (χ1n) is 10.7. The highest BCUT2D eigenvalue weighted by Gasteiger charge is 2.29. The number of ether oxygens (including phenoxy) is 1. The molecule has 0 atom stereocenters. The largest absolute Gasteiger partial charge is 0.502 e. The number of rotatable bonds is 7. The maximum absolute atomic E-state index is 12.8. The topological polar surface area (TPSA) is 105 Å². The Kier molecular flexibility index (Phi) is 7.40. The number of phenols is 1. The zero-order chi connectivity index (χ0) is 24.2. The van der Waals surface area contributed by atoms with Gasteiger partial charge in [0, 0.05) is 46.8 Å². The van der Waals surface area contributed by atoms with E-state index in [1.165, 1.54) is 35.2 Å². The summed E-state index contributed by atoms with van der Waals surface area (Å²) in [6.45, 7) is 4.28. The van der Waals surface area contributed by atoms with Gasteiger partial charge < -0.3 is 9.84 Å². The monoisotopic (exact) mass is 543 g/mol. The van der Waals surface area contributed by atoms with E-state index in [0.29, 0.717) is 28.0 Å². The van der Waals surface area contributed by atoms with Crippen molar-refractivity contribution in [3.8, 4) is 5.75 Å². The van der Waals surface area contributed by atoms with Gasteiger partial charge in [0.15, 0.2) is 0 Å². The molecule has 2 heterocycles. The summed E-state index contributed by atoms with van der Waals surface area (Å²) in [5, 5.41) is 22.0. The third-order valence-corrected chi connectivity index (χ3v) is 7.03. The molecule has 1 aliphatic rings. The highest BCUT2D eigenvalue weighted by atomic mass is 79.9. The van der Waals surface area contributed by atoms with Crippen LogP contribution in [0.4, 0.5) is 10.7 Å². The lowest BCUT2D eigenvalue weighted by Gasteiger charge is -2.27. The predicted octanol–water partition coefficient (Wildman–Crippen LogP) is 5.61. The van der Waals surface area contributed by atoms with Gasteiger partial charge >= 0.3 is 11.7 Å². The van der Waals surface area contributed by atoms with Crippen molar-refractivity contribution in [2.75, 3.05) is 13.2 Å². The first-order valence-corrected chi connectivity index (χ1v) is 12.3. The molecule has 176 valence electrons. The van der Waals surface area contributed by atoms with Crippen LogP contribution in [0.5, 0.6) is 5.75 Å². The van der Waals surface area contributed by atoms with Crippen LogP contribution in [-0.4, -0.2) is 40.3 Å². The summed E-state index contributed by atoms with van der Waals surface area (Å²) in [7, 11) is 0. The second-order valence-corrected chi connectivity index (χ2v) is 9.73. The number of carbonyl (C=O) groups is 1. The molecule has 4 rings (SSSR count). The predicted molar refractivity (Wildman–Crippen MR) is 134 cm³/mol. The van der Waals surface area contributed by atoms with E-state index >= 15 is 0 Å². The Bertz CT molecular complexity index is 1260. The Morgan fingerprint density at radius 3 is 2.82 bits per heavy atom. The summed E-state index contributed by atoms with van der Waals surface area (Å²) in [4.78, 5) is 31.2. The molecule has 0 bridgehead atoms. The molecular formula is C24H22BrN3O5S. The van der Waals surface area contributed by atoms with Crippen LogP contribution < -0.4 is 0 Å². The third kappa shape index (κ3) is 5.19. The second kappa shape index (κ2) is 10.5. The minimum atomic E-state index is -0.660. The molecule has 0 saturated carbocycles. The lowest BCUT2D eigenvalue weighted by atomic mass is 10.0. The summed E-state index contributed by atoms with van der Waals surface area (Å²) in [6.07, 6.45) is 2.03. The molecule has 3 aromatic rings. The molecule has 0 unspecified atom stereocenters. The van der Waals surface area contributed by atoms with E-state index < -0.39 is 22.3 Å². The average molecular weight is 544 g/mol. The van der Waals surface area contributed by atoms with E-state index in [2.05, 4.69) is 38.0 Å². The van der Waals surface area contributed by atoms with E-state index in [9.17, 15) is 20.0 Å². The Morgan fingerprint density at radius 1 is 1.35 bits per heavy atom. The van der Waals surface area contributed by atoms with E-state index in [1.54, 1.807) is 6.92 Å². The molecule has 10 heteroatoms. The van der Waals surface area contributed by atoms with Crippen molar-refractivity contribution >= 4 is 50.1 Å². The molecular weight excluding hydrogens is 522 g/mol. The maximum Gasteiger partial charge on any atom is 0.341 e. The van der Waals surface area contributed by atoms with Crippen molar-refractivity contribution in [1.82, 2.24) is 4.90 Å². The van der Waals surface area contributed by atoms with Gasteiger partial charge in [0.25, 0.3) is 0 Å². The molecule has 0 fully saturated rings. The molecule has 1 aromatic heterocycles. The first-order chi connectivity index (χ1) is 16.4. The van der Waals surface area contributed by atoms with Crippen molar-refractivity contribution in [1.29, 1.82) is 0 Å². The average Bonchev–Trinajstić information content (AvgIpc) is 3.17. The number of nitrogens with zero attached hydrogens (tertiary/aromatic N) is 3. The fourth-order valence-corrected chi connectivity index (χ4v) is 5.58. The van der Waals surface area contributed by atoms with Crippen LogP contribution >= 0.6 is 27.3 Å². The smallest absolute Gasteiger partial charge is 0.341 e. The van der Waals surface area contributed by atoms with Crippen LogP contribution in [0.1, 0.15) is 38.8 Å². The fourth-order valence-electron chi connectivity index (χ4n) is 3.89. The summed E-state index contributed by atoms with van der Waals surface area (Å²) >= 11 is 4.63. The van der Waals surface area contributed by atoms with Crippen LogP contribution in [0.3, 0.4) is 0 Å². The minimum absolute atomic E-state index is 0.174. The van der Waals surface area contributed by atoms with Crippen LogP contribution in [0, 0.1) is 10.1 Å². The molecule has 0 aliphatic carbocycles. The number of phenolic OH excluding ortho intramolecular Hbond substituents is 1. The third-order valence-electron chi connectivity index (χ3n) is 5.45. The number of nitro benzene ring substituents is 1. The minimum Gasteiger partial charge on any atom is -0.502 e. The van der Waals surface area contributed by atoms with E-state index in [0.717, 1.165) is 23.5 Å². The van der Waals surface area contributed by atoms with Crippen molar-refractivity contribution in [3.05, 3.63) is 84.2 Å². The highest BCUT2D eigenvalue weighted by molar-refractivity contribution is 9.10. The number of hydrogen-bond acceptors (Lipinski definition) is 8. The Balaban J connectivity index is 1.67. The van der Waals surface area contributed by atoms with Gasteiger partial charge in [-0.2, -0.15) is 0 Å². The molecule has 0 amide bonds. The van der Waals surface area contributed by atoms with Gasteiger partial charge in [0.1, 0.15) is 5.00 Å². The molecule has 1 aliphatic heterocycles. The van der Waals surface area contributed by atoms with Crippen molar-refractivity contribution in [2.45, 2.75) is 26.4 Å². The molecule has 8 nitrogen and oxygen atoms in total. The SMILES string of the molecule is CCOC(=O)c1c(N=Cc2cc(Br)cc([N+](=O)[O-])c2O)sc2c1CCN(Cc1ccccc1)C2. The fraction of sp³-hybridized carbons (Fsp3) is 0.250. The molecule has 2 aromatic carbocycles. The number of aromatic hydroxyl groups is 1. The van der Waals surface area contributed by atoms with Crippen molar-refractivity contribution in [2.24, 2.45) is 4.99 Å². The van der Waals surface area contributed by atoms with Gasteiger partial charge in [-0.15, -0.1) is 11.3 Å². The second-order valence-electron chi connectivity index (χ2n) is 7.73. The summed E-state index contributed by atoms with van der Waals surface area (Å²) in [5.74, 6) is -0.918. The Hall–Kier alpha value is -3.08. The number of aliphatic imine (C=N–C) groups is 1. The summed E-state index contributed by atoms with van der Waals surface area (Å²) < 4.78 is 5.73. The standard InChI is InChI=1S/C24H22BrN3O5S/c1-2-33-24(30)21-18-8-9-27(13-15-6-4-3-5-7-15)14-20(18)34-23(21)26-12-16-10-17(25)11-19(22(16)29)28(31)32/h3-7,10-12,29H,2,8-9,13-14H2,1H3. The van der Waals surface area contributed by atoms with Crippen molar-refractivity contribution in [3.63, 3.8) is 0 Å². The zero-order valence-electron chi connectivity index (χ0n) is 18.4. The van der Waals surface area contributed by atoms with Gasteiger partial charge in [0.05, 0.1) is 17.1 Å². The number of benzene rings is 2. The van der Waals surface area contributed by atoms with Gasteiger partial charge in [-0.05, 0) is 30.5 Å². The van der Waals surface area contributed by atoms with Crippen LogP contribution in [0.25, 0.3) is 0 Å². The first kappa shape index (κ1) is 24.1. The molecule has 1 N–H and O–H groups in total. The molecule has 0 radical (unpaired) electrons. The van der Waals surface area contributed by atoms with Crippen LogP contribution in [0.2, 0.25) is 0 Å². The van der Waals surface area contributed by atoms with E-state index in [4.69, 9.17) is 4.74 Å². The Morgan fingerprint density at radius 2 is 2.12 bits per heavy atom. The summed E-state index contributed by atoms with van der Waals surface area (Å²) in [6, 6.07) is 13.0. The number of esters is 1. The number of carbonyl (C=O) groups excluding carboxylic acids is 1. The normalized spacial score (nSPS) is 13.7. The van der Waals surface area contributed by atoms with E-state index in [-0.39, 0.29) is 12.2 Å². The van der Waals surface area contributed by atoms with Gasteiger partial charge in [0.2, 0.25) is 5.75 Å². The lowest BCUT2D eigenvalue weighted by Crippen LogP contribution is -2.29. The lowest BCUT2D eigenvalue weighted by molar-refractivity contribution is -0.385. The number of nitro groups is 1. The van der Waals surface area contributed by atoms with Crippen molar-refractivity contribution < 1.29 is 19.6 Å². The zero-order valence-corrected chi connectivity index (χ0v) is 20.8. The molecule has 0 saturated heterocycles.